The lowest BCUT2D eigenvalue weighted by atomic mass is 9.65. The number of rotatable bonds is 2. The van der Waals surface area contributed by atoms with Crippen molar-refractivity contribution in [2.75, 3.05) is 14.1 Å². The molecule has 1 aliphatic carbocycles. The summed E-state index contributed by atoms with van der Waals surface area (Å²) in [6, 6.07) is 2.60. The second-order valence-electron chi connectivity index (χ2n) is 5.67. The van der Waals surface area contributed by atoms with Gasteiger partial charge in [-0.1, -0.05) is 27.2 Å². The fraction of sp³-hybridized carbons (Fsp3) is 0.923. The molecule has 2 nitrogen and oxygen atoms in total. The molecule has 86 valence electrons. The molecule has 0 aromatic heterocycles. The molecule has 0 spiro atoms. The summed E-state index contributed by atoms with van der Waals surface area (Å²) < 4.78 is 0. The van der Waals surface area contributed by atoms with Gasteiger partial charge in [-0.25, -0.2) is 0 Å². The van der Waals surface area contributed by atoms with Crippen LogP contribution in [0.2, 0.25) is 0 Å². The summed E-state index contributed by atoms with van der Waals surface area (Å²) in [6.45, 7) is 6.76. The van der Waals surface area contributed by atoms with Crippen LogP contribution >= 0.6 is 0 Å². The Labute approximate surface area is 94.3 Å². The maximum Gasteiger partial charge on any atom is 0.112 e. The van der Waals surface area contributed by atoms with Crippen molar-refractivity contribution in [2.24, 2.45) is 17.8 Å². The van der Waals surface area contributed by atoms with E-state index in [1.165, 1.54) is 12.8 Å². The fourth-order valence-electron chi connectivity index (χ4n) is 3.12. The molecule has 1 saturated carbocycles. The molecule has 0 radical (unpaired) electrons. The normalized spacial score (nSPS) is 36.9. The molecule has 0 aromatic rings. The van der Waals surface area contributed by atoms with Crippen molar-refractivity contribution in [3.05, 3.63) is 0 Å². The van der Waals surface area contributed by atoms with E-state index in [1.807, 2.05) is 0 Å². The van der Waals surface area contributed by atoms with Crippen molar-refractivity contribution in [1.29, 1.82) is 5.26 Å². The predicted molar refractivity (Wildman–Crippen MR) is 63.4 cm³/mol. The standard InChI is InChI=1S/C13H24N2/c1-10(2)12-7-6-11(3)8-13(12,9-14)15(4)5/h10-12H,6-8H2,1-5H3. The highest BCUT2D eigenvalue weighted by Gasteiger charge is 2.46. The molecule has 3 atom stereocenters. The number of nitrogens with zero attached hydrogens (tertiary/aromatic N) is 2. The van der Waals surface area contributed by atoms with Crippen LogP contribution in [-0.2, 0) is 0 Å². The number of hydrogen-bond acceptors (Lipinski definition) is 2. The van der Waals surface area contributed by atoms with Crippen molar-refractivity contribution in [3.63, 3.8) is 0 Å². The van der Waals surface area contributed by atoms with Gasteiger partial charge < -0.3 is 0 Å². The maximum absolute atomic E-state index is 9.56. The van der Waals surface area contributed by atoms with Crippen LogP contribution in [0.25, 0.3) is 0 Å². The zero-order valence-corrected chi connectivity index (χ0v) is 10.7. The average molecular weight is 208 g/mol. The summed E-state index contributed by atoms with van der Waals surface area (Å²) in [6.07, 6.45) is 3.50. The largest absolute Gasteiger partial charge is 0.291 e. The summed E-state index contributed by atoms with van der Waals surface area (Å²) in [5, 5.41) is 9.56. The average Bonchev–Trinajstić information content (AvgIpc) is 2.16. The van der Waals surface area contributed by atoms with Gasteiger partial charge in [0.05, 0.1) is 6.07 Å². The molecular weight excluding hydrogens is 184 g/mol. The smallest absolute Gasteiger partial charge is 0.112 e. The van der Waals surface area contributed by atoms with Crippen LogP contribution in [0, 0.1) is 29.1 Å². The first-order chi connectivity index (χ1) is 6.94. The Morgan fingerprint density at radius 2 is 1.93 bits per heavy atom. The number of hydrogen-bond donors (Lipinski definition) is 0. The SMILES string of the molecule is CC1CCC(C(C)C)C(C#N)(N(C)C)C1. The second-order valence-corrected chi connectivity index (χ2v) is 5.67. The lowest BCUT2D eigenvalue weighted by Crippen LogP contribution is -2.54. The number of nitriles is 1. The summed E-state index contributed by atoms with van der Waals surface area (Å²) >= 11 is 0. The first kappa shape index (κ1) is 12.5. The van der Waals surface area contributed by atoms with Gasteiger partial charge >= 0.3 is 0 Å². The van der Waals surface area contributed by atoms with E-state index in [0.29, 0.717) is 17.8 Å². The van der Waals surface area contributed by atoms with Crippen molar-refractivity contribution in [2.45, 2.75) is 45.6 Å². The Bertz CT molecular complexity index is 252. The van der Waals surface area contributed by atoms with Crippen LogP contribution < -0.4 is 0 Å². The molecule has 3 unspecified atom stereocenters. The molecule has 0 bridgehead atoms. The van der Waals surface area contributed by atoms with Gasteiger partial charge in [0, 0.05) is 0 Å². The lowest BCUT2D eigenvalue weighted by molar-refractivity contribution is 0.0390. The van der Waals surface area contributed by atoms with Gasteiger partial charge in [0.2, 0.25) is 0 Å². The van der Waals surface area contributed by atoms with Crippen LogP contribution in [0.4, 0.5) is 0 Å². The highest BCUT2D eigenvalue weighted by atomic mass is 15.2. The van der Waals surface area contributed by atoms with Gasteiger partial charge in [-0.15, -0.1) is 0 Å². The Kier molecular flexibility index (Phi) is 3.78. The topological polar surface area (TPSA) is 27.0 Å². The summed E-state index contributed by atoms with van der Waals surface area (Å²) in [4.78, 5) is 2.15. The molecule has 0 aromatic carbocycles. The van der Waals surface area contributed by atoms with Crippen LogP contribution in [0.15, 0.2) is 0 Å². The summed E-state index contributed by atoms with van der Waals surface area (Å²) in [5.41, 5.74) is -0.230. The molecule has 0 saturated heterocycles. The monoisotopic (exact) mass is 208 g/mol. The van der Waals surface area contributed by atoms with Gasteiger partial charge in [-0.05, 0) is 44.7 Å². The molecular formula is C13H24N2. The zero-order chi connectivity index (χ0) is 11.6. The van der Waals surface area contributed by atoms with Gasteiger partial charge in [0.25, 0.3) is 0 Å². The van der Waals surface area contributed by atoms with Crippen molar-refractivity contribution in [1.82, 2.24) is 4.90 Å². The third-order valence-corrected chi connectivity index (χ3v) is 4.04. The Morgan fingerprint density at radius 3 is 2.33 bits per heavy atom. The van der Waals surface area contributed by atoms with Crippen LogP contribution in [0.3, 0.4) is 0 Å². The summed E-state index contributed by atoms with van der Waals surface area (Å²) in [5.74, 6) is 1.80. The minimum atomic E-state index is -0.230. The van der Waals surface area contributed by atoms with Gasteiger partial charge in [-0.3, -0.25) is 4.90 Å². The van der Waals surface area contributed by atoms with Crippen LogP contribution in [0.1, 0.15) is 40.0 Å². The van der Waals surface area contributed by atoms with Crippen molar-refractivity contribution >= 4 is 0 Å². The third kappa shape index (κ3) is 2.18. The van der Waals surface area contributed by atoms with E-state index >= 15 is 0 Å². The zero-order valence-electron chi connectivity index (χ0n) is 10.7. The lowest BCUT2D eigenvalue weighted by Gasteiger charge is -2.47. The first-order valence-electron chi connectivity index (χ1n) is 6.02. The highest BCUT2D eigenvalue weighted by Crippen LogP contribution is 2.43. The van der Waals surface area contributed by atoms with Crippen LogP contribution in [0.5, 0.6) is 0 Å². The van der Waals surface area contributed by atoms with E-state index in [1.54, 1.807) is 0 Å². The summed E-state index contributed by atoms with van der Waals surface area (Å²) in [7, 11) is 4.10. The highest BCUT2D eigenvalue weighted by molar-refractivity contribution is 5.14. The van der Waals surface area contributed by atoms with E-state index in [-0.39, 0.29) is 5.54 Å². The van der Waals surface area contributed by atoms with Gasteiger partial charge in [0.1, 0.15) is 5.54 Å². The van der Waals surface area contributed by atoms with Crippen molar-refractivity contribution < 1.29 is 0 Å². The van der Waals surface area contributed by atoms with Gasteiger partial charge in [0.15, 0.2) is 0 Å². The second kappa shape index (κ2) is 4.53. The maximum atomic E-state index is 9.56. The molecule has 1 fully saturated rings. The molecule has 0 N–H and O–H groups in total. The Balaban J connectivity index is 3.00. The van der Waals surface area contributed by atoms with E-state index in [2.05, 4.69) is 45.8 Å². The van der Waals surface area contributed by atoms with Crippen LogP contribution in [-0.4, -0.2) is 24.5 Å². The molecule has 1 aliphatic rings. The Hall–Kier alpha value is -0.550. The molecule has 0 amide bonds. The van der Waals surface area contributed by atoms with E-state index in [9.17, 15) is 5.26 Å². The molecule has 15 heavy (non-hydrogen) atoms. The third-order valence-electron chi connectivity index (χ3n) is 4.04. The van der Waals surface area contributed by atoms with E-state index < -0.39 is 0 Å². The molecule has 1 rings (SSSR count). The minimum absolute atomic E-state index is 0.230. The van der Waals surface area contributed by atoms with E-state index in [0.717, 1.165) is 6.42 Å². The minimum Gasteiger partial charge on any atom is -0.291 e. The predicted octanol–water partition coefficient (Wildman–Crippen LogP) is 2.90. The quantitative estimate of drug-likeness (QED) is 0.697. The first-order valence-corrected chi connectivity index (χ1v) is 6.02. The van der Waals surface area contributed by atoms with Gasteiger partial charge in [-0.2, -0.15) is 5.26 Å². The van der Waals surface area contributed by atoms with E-state index in [4.69, 9.17) is 0 Å². The Morgan fingerprint density at radius 1 is 1.33 bits per heavy atom. The molecule has 0 aliphatic heterocycles. The molecule has 2 heteroatoms. The fourth-order valence-corrected chi connectivity index (χ4v) is 3.12. The molecule has 0 heterocycles. The van der Waals surface area contributed by atoms with Crippen molar-refractivity contribution in [3.8, 4) is 6.07 Å².